The fourth-order valence-corrected chi connectivity index (χ4v) is 4.04. The summed E-state index contributed by atoms with van der Waals surface area (Å²) in [6.07, 6.45) is 10.4. The van der Waals surface area contributed by atoms with Crippen molar-refractivity contribution >= 4 is 11.8 Å². The monoisotopic (exact) mass is 292 g/mol. The maximum absolute atomic E-state index is 12.9. The van der Waals surface area contributed by atoms with Crippen LogP contribution in [0.15, 0.2) is 0 Å². The van der Waals surface area contributed by atoms with Crippen molar-refractivity contribution in [2.45, 2.75) is 70.3 Å². The number of carbonyl (C=O) groups is 2. The van der Waals surface area contributed by atoms with Gasteiger partial charge in [0.2, 0.25) is 11.8 Å². The van der Waals surface area contributed by atoms with E-state index in [9.17, 15) is 9.59 Å². The van der Waals surface area contributed by atoms with Gasteiger partial charge in [-0.15, -0.1) is 0 Å². The molecule has 1 saturated heterocycles. The average molecular weight is 292 g/mol. The van der Waals surface area contributed by atoms with Crippen molar-refractivity contribution in [1.29, 1.82) is 0 Å². The third-order valence-electron chi connectivity index (χ3n) is 5.67. The van der Waals surface area contributed by atoms with Crippen molar-refractivity contribution in [1.82, 2.24) is 10.2 Å². The summed E-state index contributed by atoms with van der Waals surface area (Å²) in [5.41, 5.74) is -0.639. The number of nitrogens with one attached hydrogen (secondary N) is 1. The summed E-state index contributed by atoms with van der Waals surface area (Å²) in [4.78, 5) is 26.8. The quantitative estimate of drug-likeness (QED) is 0.865. The van der Waals surface area contributed by atoms with E-state index in [1.165, 1.54) is 32.1 Å². The van der Waals surface area contributed by atoms with Gasteiger partial charge in [0.1, 0.15) is 5.54 Å². The molecule has 0 aromatic heterocycles. The molecule has 1 atom stereocenters. The molecule has 0 bridgehead atoms. The van der Waals surface area contributed by atoms with Crippen LogP contribution in [0.4, 0.5) is 0 Å². The van der Waals surface area contributed by atoms with E-state index in [-0.39, 0.29) is 11.8 Å². The van der Waals surface area contributed by atoms with E-state index in [2.05, 4.69) is 5.32 Å². The summed E-state index contributed by atoms with van der Waals surface area (Å²) in [6.45, 7) is 3.37. The molecule has 0 aromatic carbocycles. The van der Waals surface area contributed by atoms with Crippen LogP contribution in [0.5, 0.6) is 0 Å². The molecule has 0 radical (unpaired) electrons. The van der Waals surface area contributed by atoms with Crippen LogP contribution in [0.3, 0.4) is 0 Å². The Kier molecular flexibility index (Phi) is 4.23. The second-order valence-corrected chi connectivity index (χ2v) is 7.36. The fraction of sp³-hybridized carbons (Fsp3) is 0.882. The molecule has 2 amide bonds. The van der Waals surface area contributed by atoms with Gasteiger partial charge in [0.15, 0.2) is 0 Å². The van der Waals surface area contributed by atoms with Gasteiger partial charge < -0.3 is 10.2 Å². The number of carbonyl (C=O) groups excluding carboxylic acids is 2. The van der Waals surface area contributed by atoms with Gasteiger partial charge in [-0.25, -0.2) is 0 Å². The van der Waals surface area contributed by atoms with Crippen molar-refractivity contribution in [3.05, 3.63) is 0 Å². The molecule has 2 aliphatic carbocycles. The first kappa shape index (κ1) is 14.9. The number of hydrogen-bond acceptors (Lipinski definition) is 2. The van der Waals surface area contributed by atoms with Crippen LogP contribution < -0.4 is 5.32 Å². The second kappa shape index (κ2) is 5.98. The Hall–Kier alpha value is -1.06. The molecule has 3 rings (SSSR count). The minimum absolute atomic E-state index is 0.0397. The third-order valence-corrected chi connectivity index (χ3v) is 5.67. The van der Waals surface area contributed by atoms with E-state index in [0.717, 1.165) is 31.7 Å². The molecule has 4 nitrogen and oxygen atoms in total. The molecule has 3 aliphatic rings. The van der Waals surface area contributed by atoms with E-state index < -0.39 is 5.54 Å². The number of hydrogen-bond donors (Lipinski definition) is 1. The van der Waals surface area contributed by atoms with Gasteiger partial charge in [-0.3, -0.25) is 9.59 Å². The van der Waals surface area contributed by atoms with Gasteiger partial charge in [-0.2, -0.15) is 0 Å². The van der Waals surface area contributed by atoms with Crippen molar-refractivity contribution in [3.8, 4) is 0 Å². The van der Waals surface area contributed by atoms with Crippen molar-refractivity contribution in [2.24, 2.45) is 11.8 Å². The van der Waals surface area contributed by atoms with Gasteiger partial charge in [0.05, 0.1) is 0 Å². The summed E-state index contributed by atoms with van der Waals surface area (Å²) < 4.78 is 0. The lowest BCUT2D eigenvalue weighted by Crippen LogP contribution is -2.56. The Labute approximate surface area is 127 Å². The highest BCUT2D eigenvalue weighted by atomic mass is 16.2. The fourth-order valence-electron chi connectivity index (χ4n) is 4.04. The van der Waals surface area contributed by atoms with Crippen LogP contribution in [-0.2, 0) is 9.59 Å². The molecule has 0 spiro atoms. The Morgan fingerprint density at radius 2 is 1.86 bits per heavy atom. The lowest BCUT2D eigenvalue weighted by atomic mass is 9.86. The van der Waals surface area contributed by atoms with E-state index in [4.69, 9.17) is 0 Å². The molecule has 4 heteroatoms. The van der Waals surface area contributed by atoms with Crippen LogP contribution in [0, 0.1) is 11.8 Å². The van der Waals surface area contributed by atoms with Crippen LogP contribution in [-0.4, -0.2) is 35.3 Å². The third kappa shape index (κ3) is 3.24. The lowest BCUT2D eigenvalue weighted by molar-refractivity contribution is -0.139. The first-order valence-corrected chi connectivity index (χ1v) is 8.70. The summed E-state index contributed by atoms with van der Waals surface area (Å²) in [7, 11) is 0. The molecular weight excluding hydrogens is 264 g/mol. The first-order valence-electron chi connectivity index (χ1n) is 8.70. The van der Waals surface area contributed by atoms with Crippen LogP contribution in [0.25, 0.3) is 0 Å². The van der Waals surface area contributed by atoms with Gasteiger partial charge in [0, 0.05) is 19.5 Å². The number of nitrogens with zero attached hydrogens (tertiary/aromatic N) is 1. The topological polar surface area (TPSA) is 49.4 Å². The van der Waals surface area contributed by atoms with E-state index in [0.29, 0.717) is 18.9 Å². The summed E-state index contributed by atoms with van der Waals surface area (Å²) in [5, 5.41) is 3.00. The van der Waals surface area contributed by atoms with Crippen molar-refractivity contribution in [3.63, 3.8) is 0 Å². The maximum Gasteiger partial charge on any atom is 0.248 e. The summed E-state index contributed by atoms with van der Waals surface area (Å²) >= 11 is 0. The van der Waals surface area contributed by atoms with Crippen LogP contribution in [0.1, 0.15) is 64.7 Å². The van der Waals surface area contributed by atoms with Gasteiger partial charge in [-0.1, -0.05) is 32.1 Å². The molecular formula is C17H28N2O2. The highest BCUT2D eigenvalue weighted by molar-refractivity contribution is 5.93. The SMILES string of the molecule is CC1(C2CC2)NC(=O)CCN(CCC2CCCCC2)C1=O. The zero-order valence-corrected chi connectivity index (χ0v) is 13.2. The summed E-state index contributed by atoms with van der Waals surface area (Å²) in [5.74, 6) is 1.33. The molecule has 118 valence electrons. The van der Waals surface area contributed by atoms with E-state index >= 15 is 0 Å². The van der Waals surface area contributed by atoms with Crippen molar-refractivity contribution < 1.29 is 9.59 Å². The van der Waals surface area contributed by atoms with Gasteiger partial charge in [0.25, 0.3) is 0 Å². The first-order chi connectivity index (χ1) is 10.1. The predicted molar refractivity (Wildman–Crippen MR) is 81.7 cm³/mol. The molecule has 3 fully saturated rings. The Bertz CT molecular complexity index is 413. The Morgan fingerprint density at radius 3 is 2.52 bits per heavy atom. The number of rotatable bonds is 4. The molecule has 2 saturated carbocycles. The largest absolute Gasteiger partial charge is 0.342 e. The molecule has 1 heterocycles. The molecule has 1 unspecified atom stereocenters. The molecule has 1 N–H and O–H groups in total. The molecule has 1 aliphatic heterocycles. The average Bonchev–Trinajstić information content (AvgIpc) is 3.32. The smallest absolute Gasteiger partial charge is 0.248 e. The lowest BCUT2D eigenvalue weighted by Gasteiger charge is -2.33. The zero-order valence-electron chi connectivity index (χ0n) is 13.2. The van der Waals surface area contributed by atoms with Crippen LogP contribution >= 0.6 is 0 Å². The highest BCUT2D eigenvalue weighted by Crippen LogP contribution is 2.41. The zero-order chi connectivity index (χ0) is 14.9. The van der Waals surface area contributed by atoms with Crippen molar-refractivity contribution in [2.75, 3.05) is 13.1 Å². The van der Waals surface area contributed by atoms with E-state index in [1.54, 1.807) is 0 Å². The van der Waals surface area contributed by atoms with Crippen LogP contribution in [0.2, 0.25) is 0 Å². The van der Waals surface area contributed by atoms with Gasteiger partial charge in [-0.05, 0) is 38.0 Å². The molecule has 0 aromatic rings. The minimum atomic E-state index is -0.639. The maximum atomic E-state index is 12.9. The standard InChI is InChI=1S/C17H28N2O2/c1-17(14-7-8-14)16(21)19(12-10-15(20)18-17)11-9-13-5-3-2-4-6-13/h13-14H,2-12H2,1H3,(H,18,20). The molecule has 21 heavy (non-hydrogen) atoms. The summed E-state index contributed by atoms with van der Waals surface area (Å²) in [6, 6.07) is 0. The van der Waals surface area contributed by atoms with E-state index in [1.807, 2.05) is 11.8 Å². The van der Waals surface area contributed by atoms with Gasteiger partial charge >= 0.3 is 0 Å². The highest BCUT2D eigenvalue weighted by Gasteiger charge is 2.50. The second-order valence-electron chi connectivity index (χ2n) is 7.36. The Balaban J connectivity index is 1.62. The number of amides is 2. The normalized spacial score (nSPS) is 32.0. The predicted octanol–water partition coefficient (Wildman–Crippen LogP) is 2.47. The Morgan fingerprint density at radius 1 is 1.14 bits per heavy atom. The minimum Gasteiger partial charge on any atom is -0.342 e.